The number of thiophene rings is 1. The Bertz CT molecular complexity index is 1580. The van der Waals surface area contributed by atoms with Crippen LogP contribution in [0.1, 0.15) is 26.5 Å². The predicted molar refractivity (Wildman–Crippen MR) is 133 cm³/mol. The number of carbonyl (C=O) groups is 2. The third kappa shape index (κ3) is 4.40. The minimum absolute atomic E-state index is 0.0823. The number of fused-ring (bicyclic) bond motifs is 1. The molecule has 0 saturated carbocycles. The maximum absolute atomic E-state index is 13.6. The molecule has 0 unspecified atom stereocenters. The van der Waals surface area contributed by atoms with Crippen LogP contribution in [0.4, 0.5) is 5.69 Å². The molecule has 5 heterocycles. The van der Waals surface area contributed by atoms with E-state index in [1.807, 2.05) is 5.38 Å². The molecule has 0 aliphatic rings. The SMILES string of the molecule is CONC(=O)c1c(NC(=O)c2cc(Oc3ccsc3)nn2-c2ncccc2Cl)c(C)cc2ccnn12. The zero-order valence-electron chi connectivity index (χ0n) is 18.9. The number of ether oxygens (including phenoxy) is 1. The second kappa shape index (κ2) is 9.77. The second-order valence-corrected chi connectivity index (χ2v) is 8.65. The number of hydroxylamine groups is 1. The van der Waals surface area contributed by atoms with E-state index in [9.17, 15) is 9.59 Å². The van der Waals surface area contributed by atoms with Crippen LogP contribution in [0.2, 0.25) is 5.02 Å². The molecule has 182 valence electrons. The van der Waals surface area contributed by atoms with Crippen molar-refractivity contribution in [3.05, 3.63) is 81.5 Å². The minimum Gasteiger partial charge on any atom is -0.437 e. The summed E-state index contributed by atoms with van der Waals surface area (Å²) in [6, 6.07) is 10.1. The molecule has 5 rings (SSSR count). The number of nitrogens with one attached hydrogen (secondary N) is 2. The lowest BCUT2D eigenvalue weighted by molar-refractivity contribution is 0.0531. The van der Waals surface area contributed by atoms with Gasteiger partial charge in [0.1, 0.15) is 11.4 Å². The van der Waals surface area contributed by atoms with E-state index in [1.54, 1.807) is 48.8 Å². The summed E-state index contributed by atoms with van der Waals surface area (Å²) in [5.41, 5.74) is 4.00. The smallest absolute Gasteiger partial charge is 0.295 e. The first-order valence-corrected chi connectivity index (χ1v) is 11.8. The van der Waals surface area contributed by atoms with Crippen molar-refractivity contribution in [1.29, 1.82) is 0 Å². The van der Waals surface area contributed by atoms with Crippen LogP contribution < -0.4 is 15.5 Å². The maximum Gasteiger partial charge on any atom is 0.295 e. The van der Waals surface area contributed by atoms with Gasteiger partial charge in [0.2, 0.25) is 5.88 Å². The summed E-state index contributed by atoms with van der Waals surface area (Å²) in [6.07, 6.45) is 3.09. The van der Waals surface area contributed by atoms with Gasteiger partial charge in [-0.15, -0.1) is 16.4 Å². The topological polar surface area (TPSA) is 125 Å². The number of anilines is 1. The fourth-order valence-electron chi connectivity index (χ4n) is 3.58. The first kappa shape index (κ1) is 23.5. The van der Waals surface area contributed by atoms with Gasteiger partial charge in [0.05, 0.1) is 29.5 Å². The molecule has 13 heteroatoms. The second-order valence-electron chi connectivity index (χ2n) is 7.46. The summed E-state index contributed by atoms with van der Waals surface area (Å²) in [5.74, 6) is -0.196. The molecule has 0 saturated heterocycles. The molecule has 0 aliphatic heterocycles. The van der Waals surface area contributed by atoms with E-state index in [0.717, 1.165) is 0 Å². The molecule has 2 amide bonds. The molecule has 0 aromatic carbocycles. The number of nitrogens with zero attached hydrogens (tertiary/aromatic N) is 5. The standard InChI is InChI=1S/C23H18ClN7O4S/c1-13-10-14-5-8-26-30(14)20(23(33)29-34-2)19(13)27-22(32)17-11-18(35-15-6-9-36-12-15)28-31(17)21-16(24)4-3-7-25-21/h3-12H,1-2H3,(H,27,32)(H,29,33). The van der Waals surface area contributed by atoms with Gasteiger partial charge in [-0.1, -0.05) is 11.6 Å². The molecule has 5 aromatic rings. The Morgan fingerprint density at radius 1 is 1.14 bits per heavy atom. The van der Waals surface area contributed by atoms with Crippen molar-refractivity contribution in [2.24, 2.45) is 0 Å². The molecule has 11 nitrogen and oxygen atoms in total. The molecule has 0 atom stereocenters. The van der Waals surface area contributed by atoms with Crippen molar-refractivity contribution in [3.63, 3.8) is 0 Å². The Labute approximate surface area is 213 Å². The van der Waals surface area contributed by atoms with Gasteiger partial charge < -0.3 is 10.1 Å². The van der Waals surface area contributed by atoms with Crippen molar-refractivity contribution in [2.45, 2.75) is 6.92 Å². The third-order valence-corrected chi connectivity index (χ3v) is 6.06. The summed E-state index contributed by atoms with van der Waals surface area (Å²) >= 11 is 7.81. The first-order valence-electron chi connectivity index (χ1n) is 10.5. The minimum atomic E-state index is -0.590. The lowest BCUT2D eigenvalue weighted by atomic mass is 10.1. The van der Waals surface area contributed by atoms with Gasteiger partial charge in [0, 0.05) is 17.6 Å². The number of aromatic nitrogens is 5. The van der Waals surface area contributed by atoms with E-state index in [0.29, 0.717) is 16.8 Å². The van der Waals surface area contributed by atoms with Crippen LogP contribution in [0.25, 0.3) is 11.3 Å². The fourth-order valence-corrected chi connectivity index (χ4v) is 4.33. The van der Waals surface area contributed by atoms with Gasteiger partial charge in [0.15, 0.2) is 11.5 Å². The molecular formula is C23H18ClN7O4S. The molecule has 5 aromatic heterocycles. The lowest BCUT2D eigenvalue weighted by Crippen LogP contribution is -2.28. The van der Waals surface area contributed by atoms with E-state index in [4.69, 9.17) is 21.2 Å². The highest BCUT2D eigenvalue weighted by atomic mass is 35.5. The zero-order valence-corrected chi connectivity index (χ0v) is 20.5. The summed E-state index contributed by atoms with van der Waals surface area (Å²) in [4.78, 5) is 35.5. The van der Waals surface area contributed by atoms with Crippen molar-refractivity contribution in [2.75, 3.05) is 12.4 Å². The Balaban J connectivity index is 1.59. The van der Waals surface area contributed by atoms with E-state index in [-0.39, 0.29) is 33.8 Å². The van der Waals surface area contributed by atoms with E-state index in [2.05, 4.69) is 26.0 Å². The average Bonchev–Trinajstić information content (AvgIpc) is 3.61. The normalized spacial score (nSPS) is 11.0. The van der Waals surface area contributed by atoms with E-state index in [1.165, 1.54) is 39.9 Å². The molecule has 0 radical (unpaired) electrons. The number of aryl methyl sites for hydroxylation is 1. The highest BCUT2D eigenvalue weighted by Crippen LogP contribution is 2.29. The van der Waals surface area contributed by atoms with Crippen molar-refractivity contribution < 1.29 is 19.2 Å². The zero-order chi connectivity index (χ0) is 25.2. The third-order valence-electron chi connectivity index (χ3n) is 5.10. The van der Waals surface area contributed by atoms with Crippen LogP contribution in [0.15, 0.2) is 59.6 Å². The summed E-state index contributed by atoms with van der Waals surface area (Å²) < 4.78 is 8.50. The van der Waals surface area contributed by atoms with Gasteiger partial charge in [0.25, 0.3) is 11.8 Å². The molecule has 0 bridgehead atoms. The Morgan fingerprint density at radius 3 is 2.75 bits per heavy atom. The number of halogens is 1. The number of hydrogen-bond acceptors (Lipinski definition) is 8. The average molecular weight is 524 g/mol. The van der Waals surface area contributed by atoms with Crippen molar-refractivity contribution in [3.8, 4) is 17.4 Å². The number of carbonyl (C=O) groups excluding carboxylic acids is 2. The van der Waals surface area contributed by atoms with Crippen LogP contribution in [0, 0.1) is 6.92 Å². The first-order chi connectivity index (χ1) is 17.5. The number of amides is 2. The number of hydrogen-bond donors (Lipinski definition) is 2. The van der Waals surface area contributed by atoms with E-state index >= 15 is 0 Å². The van der Waals surface area contributed by atoms with Crippen LogP contribution in [-0.4, -0.2) is 43.3 Å². The molecule has 0 aliphatic carbocycles. The van der Waals surface area contributed by atoms with Gasteiger partial charge in [-0.25, -0.2) is 19.7 Å². The molecule has 2 N–H and O–H groups in total. The number of pyridine rings is 2. The van der Waals surface area contributed by atoms with Crippen LogP contribution in [-0.2, 0) is 4.84 Å². The van der Waals surface area contributed by atoms with Crippen LogP contribution in [0.5, 0.6) is 11.6 Å². The Morgan fingerprint density at radius 2 is 2.00 bits per heavy atom. The quantitative estimate of drug-likeness (QED) is 0.305. The summed E-state index contributed by atoms with van der Waals surface area (Å²) in [6.45, 7) is 1.77. The predicted octanol–water partition coefficient (Wildman–Crippen LogP) is 4.27. The Kier molecular flexibility index (Phi) is 6.38. The lowest BCUT2D eigenvalue weighted by Gasteiger charge is -2.15. The fraction of sp³-hybridized carbons (Fsp3) is 0.0870. The molecule has 36 heavy (non-hydrogen) atoms. The highest BCUT2D eigenvalue weighted by Gasteiger charge is 2.25. The summed E-state index contributed by atoms with van der Waals surface area (Å²) in [7, 11) is 1.32. The molecular weight excluding hydrogens is 506 g/mol. The van der Waals surface area contributed by atoms with Crippen LogP contribution in [0.3, 0.4) is 0 Å². The number of rotatable bonds is 7. The highest BCUT2D eigenvalue weighted by molar-refractivity contribution is 7.08. The Hall–Kier alpha value is -4.26. The molecule has 0 fully saturated rings. The van der Waals surface area contributed by atoms with Gasteiger partial charge in [-0.05, 0) is 48.2 Å². The van der Waals surface area contributed by atoms with Gasteiger partial charge in [-0.2, -0.15) is 5.10 Å². The van der Waals surface area contributed by atoms with Crippen molar-refractivity contribution in [1.82, 2.24) is 29.9 Å². The van der Waals surface area contributed by atoms with Crippen LogP contribution >= 0.6 is 22.9 Å². The van der Waals surface area contributed by atoms with E-state index < -0.39 is 11.8 Å². The molecule has 0 spiro atoms. The maximum atomic E-state index is 13.6. The largest absolute Gasteiger partial charge is 0.437 e. The van der Waals surface area contributed by atoms with Gasteiger partial charge >= 0.3 is 0 Å². The monoisotopic (exact) mass is 523 g/mol. The summed E-state index contributed by atoms with van der Waals surface area (Å²) in [5, 5.41) is 15.4. The van der Waals surface area contributed by atoms with Crippen molar-refractivity contribution >= 4 is 46.0 Å². The van der Waals surface area contributed by atoms with Gasteiger partial charge in [-0.3, -0.25) is 14.4 Å².